The molecule has 0 aliphatic carbocycles. The summed E-state index contributed by atoms with van der Waals surface area (Å²) < 4.78 is 24.6. The number of nitrogen functional groups attached to an aromatic ring is 1. The third-order valence-electron chi connectivity index (χ3n) is 2.66. The Kier molecular flexibility index (Phi) is 4.38. The Bertz CT molecular complexity index is 697. The highest BCUT2D eigenvalue weighted by Crippen LogP contribution is 2.26. The second-order valence-electron chi connectivity index (χ2n) is 4.20. The number of nitrogens with zero attached hydrogens (tertiary/aromatic N) is 3. The molecule has 0 aliphatic rings. The summed E-state index contributed by atoms with van der Waals surface area (Å²) in [5.74, 6) is 6.16. The van der Waals surface area contributed by atoms with Crippen LogP contribution in [0, 0.1) is 0 Å². The molecule has 4 N–H and O–H groups in total. The highest BCUT2D eigenvalue weighted by atomic mass is 32.2. The van der Waals surface area contributed by atoms with Crippen LogP contribution in [0.15, 0.2) is 11.4 Å². The summed E-state index contributed by atoms with van der Waals surface area (Å²) in [6, 6.07) is 1.88. The number of thiophene rings is 1. The zero-order chi connectivity index (χ0) is 14.8. The predicted molar refractivity (Wildman–Crippen MR) is 81.2 cm³/mol. The Hall–Kier alpha value is -1.49. The molecule has 0 fully saturated rings. The zero-order valence-electron chi connectivity index (χ0n) is 11.1. The molecule has 0 atom stereocenters. The summed E-state index contributed by atoms with van der Waals surface area (Å²) in [5, 5.41) is 5.75. The van der Waals surface area contributed by atoms with Crippen molar-refractivity contribution >= 4 is 43.3 Å². The van der Waals surface area contributed by atoms with E-state index in [1.165, 1.54) is 29.7 Å². The van der Waals surface area contributed by atoms with Gasteiger partial charge >= 0.3 is 0 Å². The SMILES string of the molecule is CN(C)S(=O)(=O)CCNc1nc(NN)nc2sccc12. The molecule has 0 unspecified atom stereocenters. The average molecular weight is 316 g/mol. The maximum atomic E-state index is 11.7. The number of nitrogens with two attached hydrogens (primary N) is 1. The van der Waals surface area contributed by atoms with Crippen molar-refractivity contribution in [2.24, 2.45) is 5.84 Å². The molecule has 0 saturated carbocycles. The Morgan fingerprint density at radius 1 is 1.40 bits per heavy atom. The fourth-order valence-electron chi connectivity index (χ4n) is 1.54. The van der Waals surface area contributed by atoms with Crippen LogP contribution in [0.4, 0.5) is 11.8 Å². The largest absolute Gasteiger partial charge is 0.368 e. The summed E-state index contributed by atoms with van der Waals surface area (Å²) in [6.45, 7) is 0.256. The normalized spacial score (nSPS) is 12.0. The van der Waals surface area contributed by atoms with Gasteiger partial charge in [0.05, 0.1) is 11.1 Å². The number of hydrogen-bond acceptors (Lipinski definition) is 8. The van der Waals surface area contributed by atoms with Crippen LogP contribution >= 0.6 is 11.3 Å². The smallest absolute Gasteiger partial charge is 0.240 e. The van der Waals surface area contributed by atoms with Crippen molar-refractivity contribution < 1.29 is 8.42 Å². The van der Waals surface area contributed by atoms with E-state index in [9.17, 15) is 8.42 Å². The van der Waals surface area contributed by atoms with Crippen LogP contribution in [0.5, 0.6) is 0 Å². The van der Waals surface area contributed by atoms with Crippen LogP contribution in [0.25, 0.3) is 10.2 Å². The predicted octanol–water partition coefficient (Wildman–Crippen LogP) is 0.280. The molecule has 0 spiro atoms. The fourth-order valence-corrected chi connectivity index (χ4v) is 3.02. The number of sulfonamides is 1. The van der Waals surface area contributed by atoms with Gasteiger partial charge in [0, 0.05) is 20.6 Å². The average Bonchev–Trinajstić information content (AvgIpc) is 2.86. The first-order valence-corrected chi connectivity index (χ1v) is 8.29. The molecule has 2 rings (SSSR count). The van der Waals surface area contributed by atoms with Gasteiger partial charge in [-0.25, -0.2) is 23.5 Å². The molecule has 0 saturated heterocycles. The van der Waals surface area contributed by atoms with Crippen molar-refractivity contribution in [3.8, 4) is 0 Å². The number of fused-ring (bicyclic) bond motifs is 1. The van der Waals surface area contributed by atoms with Gasteiger partial charge in [-0.3, -0.25) is 5.43 Å². The topological polar surface area (TPSA) is 113 Å². The summed E-state index contributed by atoms with van der Waals surface area (Å²) in [4.78, 5) is 9.18. The van der Waals surface area contributed by atoms with Crippen LogP contribution in [-0.2, 0) is 10.0 Å². The van der Waals surface area contributed by atoms with E-state index < -0.39 is 10.0 Å². The Morgan fingerprint density at radius 2 is 2.15 bits per heavy atom. The number of nitrogens with one attached hydrogen (secondary N) is 2. The molecule has 110 valence electrons. The molecule has 8 nitrogen and oxygen atoms in total. The molecule has 10 heteroatoms. The van der Waals surface area contributed by atoms with Crippen molar-refractivity contribution in [1.82, 2.24) is 14.3 Å². The lowest BCUT2D eigenvalue weighted by molar-refractivity contribution is 0.521. The molecule has 0 radical (unpaired) electrons. The fraction of sp³-hybridized carbons (Fsp3) is 0.400. The van der Waals surface area contributed by atoms with Crippen molar-refractivity contribution in [3.05, 3.63) is 11.4 Å². The van der Waals surface area contributed by atoms with Gasteiger partial charge in [-0.2, -0.15) is 4.98 Å². The first kappa shape index (κ1) is 14.9. The van der Waals surface area contributed by atoms with Gasteiger partial charge in [-0.05, 0) is 11.4 Å². The van der Waals surface area contributed by atoms with E-state index in [4.69, 9.17) is 5.84 Å². The van der Waals surface area contributed by atoms with Crippen LogP contribution in [0.2, 0.25) is 0 Å². The van der Waals surface area contributed by atoms with Gasteiger partial charge in [0.15, 0.2) is 0 Å². The molecule has 20 heavy (non-hydrogen) atoms. The van der Waals surface area contributed by atoms with Gasteiger partial charge in [0.2, 0.25) is 16.0 Å². The van der Waals surface area contributed by atoms with Gasteiger partial charge in [0.25, 0.3) is 0 Å². The first-order chi connectivity index (χ1) is 9.44. The lowest BCUT2D eigenvalue weighted by Crippen LogP contribution is -2.28. The highest BCUT2D eigenvalue weighted by Gasteiger charge is 2.14. The number of rotatable bonds is 6. The van der Waals surface area contributed by atoms with E-state index in [0.717, 1.165) is 10.2 Å². The van der Waals surface area contributed by atoms with Gasteiger partial charge in [0.1, 0.15) is 10.6 Å². The molecule has 0 bridgehead atoms. The number of hydrogen-bond donors (Lipinski definition) is 3. The quantitative estimate of drug-likeness (QED) is 0.518. The molecular formula is C10H16N6O2S2. The monoisotopic (exact) mass is 316 g/mol. The Balaban J connectivity index is 2.15. The first-order valence-electron chi connectivity index (χ1n) is 5.80. The number of aromatic nitrogens is 2. The van der Waals surface area contributed by atoms with Crippen LogP contribution < -0.4 is 16.6 Å². The van der Waals surface area contributed by atoms with Crippen molar-refractivity contribution in [2.75, 3.05) is 37.1 Å². The minimum absolute atomic E-state index is 0.0129. The Labute approximate surface area is 121 Å². The Morgan fingerprint density at radius 3 is 2.80 bits per heavy atom. The minimum atomic E-state index is -3.23. The van der Waals surface area contributed by atoms with Crippen molar-refractivity contribution in [2.45, 2.75) is 0 Å². The minimum Gasteiger partial charge on any atom is -0.368 e. The molecule has 0 aliphatic heterocycles. The van der Waals surface area contributed by atoms with Gasteiger partial charge < -0.3 is 5.32 Å². The van der Waals surface area contributed by atoms with E-state index in [1.54, 1.807) is 0 Å². The van der Waals surface area contributed by atoms with Gasteiger partial charge in [-0.15, -0.1) is 11.3 Å². The summed E-state index contributed by atoms with van der Waals surface area (Å²) in [7, 11) is -0.219. The molecule has 2 aromatic rings. The molecular weight excluding hydrogens is 300 g/mol. The van der Waals surface area contributed by atoms with Gasteiger partial charge in [-0.1, -0.05) is 0 Å². The third-order valence-corrected chi connectivity index (χ3v) is 5.30. The van der Waals surface area contributed by atoms with E-state index in [0.29, 0.717) is 5.82 Å². The van der Waals surface area contributed by atoms with Crippen LogP contribution in [0.1, 0.15) is 0 Å². The van der Waals surface area contributed by atoms with E-state index in [-0.39, 0.29) is 18.2 Å². The van der Waals surface area contributed by atoms with E-state index in [2.05, 4.69) is 20.7 Å². The molecule has 2 aromatic heterocycles. The summed E-state index contributed by atoms with van der Waals surface area (Å²) in [6.07, 6.45) is 0. The standard InChI is InChI=1S/C10H16N6O2S2/c1-16(2)20(17,18)6-4-12-8-7-3-5-19-9(7)14-10(13-8)15-11/h3,5H,4,6,11H2,1-2H3,(H2,12,13,14,15). The number of anilines is 2. The van der Waals surface area contributed by atoms with E-state index >= 15 is 0 Å². The zero-order valence-corrected chi connectivity index (χ0v) is 12.8. The second kappa shape index (κ2) is 5.87. The lowest BCUT2D eigenvalue weighted by Gasteiger charge is -2.12. The van der Waals surface area contributed by atoms with E-state index in [1.807, 2.05) is 11.4 Å². The lowest BCUT2D eigenvalue weighted by atomic mass is 10.4. The molecule has 0 aromatic carbocycles. The maximum Gasteiger partial charge on any atom is 0.240 e. The van der Waals surface area contributed by atoms with Crippen LogP contribution in [-0.4, -0.2) is 49.1 Å². The number of hydrazine groups is 1. The maximum absolute atomic E-state index is 11.7. The van der Waals surface area contributed by atoms with Crippen molar-refractivity contribution in [3.63, 3.8) is 0 Å². The highest BCUT2D eigenvalue weighted by molar-refractivity contribution is 7.89. The molecule has 0 amide bonds. The molecule has 2 heterocycles. The van der Waals surface area contributed by atoms with Crippen LogP contribution in [0.3, 0.4) is 0 Å². The third kappa shape index (κ3) is 3.15. The summed E-state index contributed by atoms with van der Waals surface area (Å²) >= 11 is 1.46. The summed E-state index contributed by atoms with van der Waals surface area (Å²) in [5.41, 5.74) is 2.39. The van der Waals surface area contributed by atoms with Crippen molar-refractivity contribution in [1.29, 1.82) is 0 Å². The second-order valence-corrected chi connectivity index (χ2v) is 7.40.